The number of carbonyl (C=O) groups is 2. The number of carbonyl (C=O) groups excluding carboxylic acids is 1. The molecule has 0 atom stereocenters. The fourth-order valence-corrected chi connectivity index (χ4v) is 1.09. The van der Waals surface area contributed by atoms with Gasteiger partial charge in [0.1, 0.15) is 5.78 Å². The molecule has 3 heteroatoms. The zero-order valence-corrected chi connectivity index (χ0v) is 5.89. The Bertz CT molecular complexity index is 179. The molecule has 3 nitrogen and oxygen atoms in total. The van der Waals surface area contributed by atoms with E-state index in [4.69, 9.17) is 5.11 Å². The van der Waals surface area contributed by atoms with E-state index in [1.807, 2.05) is 0 Å². The zero-order chi connectivity index (χ0) is 7.78. The van der Waals surface area contributed by atoms with Crippen molar-refractivity contribution in [1.29, 1.82) is 0 Å². The van der Waals surface area contributed by atoms with Crippen molar-refractivity contribution in [2.45, 2.75) is 26.2 Å². The number of hydrogen-bond acceptors (Lipinski definition) is 2. The van der Waals surface area contributed by atoms with E-state index in [0.29, 0.717) is 0 Å². The molecule has 0 radical (unpaired) electrons. The molecule has 1 aliphatic rings. The topological polar surface area (TPSA) is 54.4 Å². The van der Waals surface area contributed by atoms with Crippen molar-refractivity contribution in [3.05, 3.63) is 0 Å². The van der Waals surface area contributed by atoms with E-state index in [1.54, 1.807) is 0 Å². The van der Waals surface area contributed by atoms with Crippen molar-refractivity contribution in [2.75, 3.05) is 0 Å². The molecule has 0 aromatic heterocycles. The first kappa shape index (κ1) is 7.25. The molecular weight excluding hydrogens is 132 g/mol. The molecule has 1 N–H and O–H groups in total. The van der Waals surface area contributed by atoms with Gasteiger partial charge in [-0.1, -0.05) is 0 Å². The number of carboxylic acids is 1. The second-order valence-electron chi connectivity index (χ2n) is 2.91. The number of hydrogen-bond donors (Lipinski definition) is 1. The average Bonchev–Trinajstić information content (AvgIpc) is 2.46. The highest BCUT2D eigenvalue weighted by Crippen LogP contribution is 2.49. The monoisotopic (exact) mass is 142 g/mol. The van der Waals surface area contributed by atoms with Crippen molar-refractivity contribution in [3.63, 3.8) is 0 Å². The third kappa shape index (κ3) is 1.17. The van der Waals surface area contributed by atoms with Crippen LogP contribution < -0.4 is 0 Å². The standard InChI is InChI=1S/C7H10O3/c1-5(8)7(2-3-7)4-6(9)10/h2-4H2,1H3,(H,9,10). The molecule has 0 aromatic rings. The Morgan fingerprint density at radius 3 is 2.10 bits per heavy atom. The highest BCUT2D eigenvalue weighted by molar-refractivity contribution is 5.89. The third-order valence-electron chi connectivity index (χ3n) is 2.09. The normalized spacial score (nSPS) is 20.1. The van der Waals surface area contributed by atoms with E-state index in [9.17, 15) is 9.59 Å². The molecule has 56 valence electrons. The van der Waals surface area contributed by atoms with Gasteiger partial charge in [-0.15, -0.1) is 0 Å². The number of ketones is 1. The van der Waals surface area contributed by atoms with E-state index < -0.39 is 11.4 Å². The molecule has 1 saturated carbocycles. The first-order valence-corrected chi connectivity index (χ1v) is 3.30. The maximum Gasteiger partial charge on any atom is 0.304 e. The van der Waals surface area contributed by atoms with Gasteiger partial charge in [-0.2, -0.15) is 0 Å². The molecule has 0 aromatic carbocycles. The predicted molar refractivity (Wildman–Crippen MR) is 34.6 cm³/mol. The first-order chi connectivity index (χ1) is 4.57. The van der Waals surface area contributed by atoms with Crippen LogP contribution >= 0.6 is 0 Å². The molecule has 0 saturated heterocycles. The van der Waals surface area contributed by atoms with Crippen LogP contribution in [0.25, 0.3) is 0 Å². The van der Waals surface area contributed by atoms with Crippen LogP contribution in [0.2, 0.25) is 0 Å². The zero-order valence-electron chi connectivity index (χ0n) is 5.89. The van der Waals surface area contributed by atoms with E-state index in [1.165, 1.54) is 6.92 Å². The van der Waals surface area contributed by atoms with E-state index in [2.05, 4.69) is 0 Å². The van der Waals surface area contributed by atoms with Gasteiger partial charge in [0, 0.05) is 5.41 Å². The summed E-state index contributed by atoms with van der Waals surface area (Å²) in [7, 11) is 0. The fourth-order valence-electron chi connectivity index (χ4n) is 1.09. The van der Waals surface area contributed by atoms with Gasteiger partial charge in [0.2, 0.25) is 0 Å². The second kappa shape index (κ2) is 2.08. The van der Waals surface area contributed by atoms with Gasteiger partial charge in [0.15, 0.2) is 0 Å². The lowest BCUT2D eigenvalue weighted by molar-refractivity contribution is -0.141. The van der Waals surface area contributed by atoms with E-state index >= 15 is 0 Å². The van der Waals surface area contributed by atoms with Crippen molar-refractivity contribution in [3.8, 4) is 0 Å². The summed E-state index contributed by atoms with van der Waals surface area (Å²) in [6.45, 7) is 1.47. The van der Waals surface area contributed by atoms with Crippen molar-refractivity contribution >= 4 is 11.8 Å². The second-order valence-corrected chi connectivity index (χ2v) is 2.91. The van der Waals surface area contributed by atoms with Crippen LogP contribution in [0.3, 0.4) is 0 Å². The minimum absolute atomic E-state index is 0.0162. The van der Waals surface area contributed by atoms with Crippen LogP contribution in [-0.2, 0) is 9.59 Å². The highest BCUT2D eigenvalue weighted by atomic mass is 16.4. The summed E-state index contributed by atoms with van der Waals surface area (Å²) >= 11 is 0. The summed E-state index contributed by atoms with van der Waals surface area (Å²) in [5, 5.41) is 8.39. The number of aliphatic carboxylic acids is 1. The quantitative estimate of drug-likeness (QED) is 0.635. The van der Waals surface area contributed by atoms with Crippen molar-refractivity contribution in [2.24, 2.45) is 5.41 Å². The fraction of sp³-hybridized carbons (Fsp3) is 0.714. The number of rotatable bonds is 3. The molecule has 1 rings (SSSR count). The average molecular weight is 142 g/mol. The summed E-state index contributed by atoms with van der Waals surface area (Å²) in [4.78, 5) is 21.0. The van der Waals surface area contributed by atoms with Crippen LogP contribution in [0, 0.1) is 5.41 Å². The van der Waals surface area contributed by atoms with Gasteiger partial charge in [-0.3, -0.25) is 9.59 Å². The Hall–Kier alpha value is -0.860. The SMILES string of the molecule is CC(=O)C1(CC(=O)O)CC1. The summed E-state index contributed by atoms with van der Waals surface area (Å²) in [5.74, 6) is -0.845. The Morgan fingerprint density at radius 2 is 2.00 bits per heavy atom. The molecule has 1 aliphatic carbocycles. The first-order valence-electron chi connectivity index (χ1n) is 3.30. The van der Waals surface area contributed by atoms with Crippen LogP contribution in [0.4, 0.5) is 0 Å². The number of Topliss-reactive ketones (excluding diaryl/α,β-unsaturated/α-hetero) is 1. The summed E-state index contributed by atoms with van der Waals surface area (Å²) in [6, 6.07) is 0. The van der Waals surface area contributed by atoms with E-state index in [0.717, 1.165) is 12.8 Å². The van der Waals surface area contributed by atoms with Crippen LogP contribution in [0.15, 0.2) is 0 Å². The lowest BCUT2D eigenvalue weighted by atomic mass is 9.98. The largest absolute Gasteiger partial charge is 0.481 e. The van der Waals surface area contributed by atoms with Crippen LogP contribution in [0.1, 0.15) is 26.2 Å². The molecule has 10 heavy (non-hydrogen) atoms. The van der Waals surface area contributed by atoms with Gasteiger partial charge >= 0.3 is 5.97 Å². The van der Waals surface area contributed by atoms with Gasteiger partial charge in [0.05, 0.1) is 6.42 Å². The third-order valence-corrected chi connectivity index (χ3v) is 2.09. The highest BCUT2D eigenvalue weighted by Gasteiger charge is 2.48. The van der Waals surface area contributed by atoms with Gasteiger partial charge < -0.3 is 5.11 Å². The van der Waals surface area contributed by atoms with Crippen LogP contribution in [0.5, 0.6) is 0 Å². The minimum Gasteiger partial charge on any atom is -0.481 e. The number of carboxylic acid groups (broad SMARTS) is 1. The van der Waals surface area contributed by atoms with Gasteiger partial charge in [-0.25, -0.2) is 0 Å². The molecule has 0 unspecified atom stereocenters. The summed E-state index contributed by atoms with van der Waals surface area (Å²) in [6.07, 6.45) is 1.53. The molecule has 1 fully saturated rings. The molecular formula is C7H10O3. The molecule has 0 spiro atoms. The summed E-state index contributed by atoms with van der Waals surface area (Å²) < 4.78 is 0. The summed E-state index contributed by atoms with van der Waals surface area (Å²) in [5.41, 5.74) is -0.466. The molecule has 0 amide bonds. The minimum atomic E-state index is -0.868. The predicted octanol–water partition coefficient (Wildman–Crippen LogP) is 0.830. The van der Waals surface area contributed by atoms with Crippen molar-refractivity contribution in [1.82, 2.24) is 0 Å². The Balaban J connectivity index is 2.53. The smallest absolute Gasteiger partial charge is 0.304 e. The molecule has 0 bridgehead atoms. The van der Waals surface area contributed by atoms with Crippen LogP contribution in [-0.4, -0.2) is 16.9 Å². The Morgan fingerprint density at radius 1 is 1.50 bits per heavy atom. The molecule has 0 aliphatic heterocycles. The molecule has 0 heterocycles. The van der Waals surface area contributed by atoms with Crippen molar-refractivity contribution < 1.29 is 14.7 Å². The Kier molecular flexibility index (Phi) is 1.50. The maximum atomic E-state index is 10.8. The Labute approximate surface area is 59.0 Å². The van der Waals surface area contributed by atoms with Gasteiger partial charge in [-0.05, 0) is 19.8 Å². The van der Waals surface area contributed by atoms with Gasteiger partial charge in [0.25, 0.3) is 0 Å². The lowest BCUT2D eigenvalue weighted by Crippen LogP contribution is -2.16. The van der Waals surface area contributed by atoms with E-state index in [-0.39, 0.29) is 12.2 Å². The maximum absolute atomic E-state index is 10.8. The lowest BCUT2D eigenvalue weighted by Gasteiger charge is -2.05.